The van der Waals surface area contributed by atoms with Crippen molar-refractivity contribution in [3.63, 3.8) is 0 Å². The maximum Gasteiger partial charge on any atom is 0.0822 e. The van der Waals surface area contributed by atoms with Gasteiger partial charge in [0.25, 0.3) is 0 Å². The molecule has 1 fully saturated rings. The summed E-state index contributed by atoms with van der Waals surface area (Å²) in [5.74, 6) is 0. The van der Waals surface area contributed by atoms with Crippen molar-refractivity contribution >= 4 is 0 Å². The van der Waals surface area contributed by atoms with E-state index in [0.717, 1.165) is 6.42 Å². The maximum absolute atomic E-state index is 9.62. The largest absolute Gasteiger partial charge is 0.346 e. The van der Waals surface area contributed by atoms with Gasteiger partial charge in [-0.3, -0.25) is 0 Å². The number of nitrogens with zero attached hydrogens (tertiary/aromatic N) is 2. The fourth-order valence-corrected chi connectivity index (χ4v) is 4.39. The van der Waals surface area contributed by atoms with Crippen LogP contribution in [0, 0.1) is 25.2 Å². The lowest BCUT2D eigenvalue weighted by Gasteiger charge is -2.24. The van der Waals surface area contributed by atoms with E-state index in [1.807, 2.05) is 0 Å². The second-order valence-corrected chi connectivity index (χ2v) is 7.03. The average Bonchev–Trinajstić information content (AvgIpc) is 3.00. The van der Waals surface area contributed by atoms with Gasteiger partial charge in [-0.1, -0.05) is 13.8 Å². The predicted molar refractivity (Wildman–Crippen MR) is 72.8 cm³/mol. The van der Waals surface area contributed by atoms with Crippen LogP contribution in [0.5, 0.6) is 0 Å². The lowest BCUT2D eigenvalue weighted by atomic mass is 9.80. The molecule has 0 aliphatic heterocycles. The maximum atomic E-state index is 9.62. The standard InChI is InChI=1S/C16H22N2/c1-10-13-14(11(2)18(10)12-6-7-12)16(5,9-17)8-15(13,3)4/h12H,6-8H2,1-5H3. The number of fused-ring (bicyclic) bond motifs is 1. The van der Waals surface area contributed by atoms with Gasteiger partial charge in [-0.15, -0.1) is 0 Å². The van der Waals surface area contributed by atoms with Gasteiger partial charge in [0.05, 0.1) is 11.5 Å². The third kappa shape index (κ3) is 1.28. The first-order valence-corrected chi connectivity index (χ1v) is 6.95. The molecule has 2 aliphatic carbocycles. The SMILES string of the molecule is Cc1c2c(c(C)n1C1CC1)C(C)(C#N)CC2(C)C. The van der Waals surface area contributed by atoms with Crippen LogP contribution >= 0.6 is 0 Å². The van der Waals surface area contributed by atoms with E-state index in [-0.39, 0.29) is 10.8 Å². The van der Waals surface area contributed by atoms with Crippen LogP contribution in [0.4, 0.5) is 0 Å². The number of rotatable bonds is 1. The van der Waals surface area contributed by atoms with Crippen molar-refractivity contribution in [2.24, 2.45) is 0 Å². The molecule has 1 atom stereocenters. The van der Waals surface area contributed by atoms with Gasteiger partial charge >= 0.3 is 0 Å². The topological polar surface area (TPSA) is 28.7 Å². The van der Waals surface area contributed by atoms with Gasteiger partial charge in [0.1, 0.15) is 0 Å². The molecule has 0 saturated heterocycles. The van der Waals surface area contributed by atoms with Gasteiger partial charge in [0.15, 0.2) is 0 Å². The van der Waals surface area contributed by atoms with Crippen LogP contribution in [0.2, 0.25) is 0 Å². The highest BCUT2D eigenvalue weighted by atomic mass is 15.1. The zero-order valence-electron chi connectivity index (χ0n) is 12.1. The van der Waals surface area contributed by atoms with Crippen LogP contribution in [-0.4, -0.2) is 4.57 Å². The number of hydrogen-bond acceptors (Lipinski definition) is 1. The van der Waals surface area contributed by atoms with E-state index in [4.69, 9.17) is 0 Å². The molecular weight excluding hydrogens is 220 g/mol. The molecule has 0 bridgehead atoms. The van der Waals surface area contributed by atoms with Gasteiger partial charge < -0.3 is 4.57 Å². The van der Waals surface area contributed by atoms with Crippen molar-refractivity contribution in [1.29, 1.82) is 5.26 Å². The lowest BCUT2D eigenvalue weighted by molar-refractivity contribution is 0.431. The van der Waals surface area contributed by atoms with Gasteiger partial charge in [0, 0.05) is 17.4 Å². The van der Waals surface area contributed by atoms with Crippen LogP contribution in [0.3, 0.4) is 0 Å². The molecule has 0 spiro atoms. The Balaban J connectivity index is 2.32. The molecule has 0 aromatic carbocycles. The van der Waals surface area contributed by atoms with E-state index in [1.165, 1.54) is 35.4 Å². The van der Waals surface area contributed by atoms with Crippen LogP contribution in [0.15, 0.2) is 0 Å². The zero-order valence-corrected chi connectivity index (χ0v) is 12.1. The third-order valence-electron chi connectivity index (χ3n) is 4.88. The van der Waals surface area contributed by atoms with Crippen molar-refractivity contribution in [3.8, 4) is 6.07 Å². The summed E-state index contributed by atoms with van der Waals surface area (Å²) >= 11 is 0. The van der Waals surface area contributed by atoms with Crippen LogP contribution in [0.1, 0.15) is 68.6 Å². The Morgan fingerprint density at radius 1 is 1.11 bits per heavy atom. The highest BCUT2D eigenvalue weighted by Gasteiger charge is 2.50. The summed E-state index contributed by atoms with van der Waals surface area (Å²) in [5, 5.41) is 9.62. The third-order valence-corrected chi connectivity index (χ3v) is 4.88. The molecule has 1 heterocycles. The first kappa shape index (κ1) is 11.8. The molecule has 96 valence electrons. The van der Waals surface area contributed by atoms with E-state index in [1.54, 1.807) is 0 Å². The molecule has 0 amide bonds. The van der Waals surface area contributed by atoms with Crippen molar-refractivity contribution in [2.45, 2.75) is 70.8 Å². The predicted octanol–water partition coefficient (Wildman–Crippen LogP) is 3.90. The van der Waals surface area contributed by atoms with Crippen molar-refractivity contribution in [2.75, 3.05) is 0 Å². The average molecular weight is 242 g/mol. The first-order valence-electron chi connectivity index (χ1n) is 6.95. The molecule has 2 aliphatic rings. The Morgan fingerprint density at radius 3 is 2.17 bits per heavy atom. The van der Waals surface area contributed by atoms with E-state index >= 15 is 0 Å². The lowest BCUT2D eigenvalue weighted by Crippen LogP contribution is -2.22. The fraction of sp³-hybridized carbons (Fsp3) is 0.688. The second-order valence-electron chi connectivity index (χ2n) is 7.03. The van der Waals surface area contributed by atoms with Crippen molar-refractivity contribution in [1.82, 2.24) is 4.57 Å². The highest BCUT2D eigenvalue weighted by Crippen LogP contribution is 2.54. The molecule has 2 nitrogen and oxygen atoms in total. The summed E-state index contributed by atoms with van der Waals surface area (Å²) in [4.78, 5) is 0. The van der Waals surface area contributed by atoms with E-state index in [0.29, 0.717) is 6.04 Å². The summed E-state index contributed by atoms with van der Waals surface area (Å²) in [6.45, 7) is 11.1. The normalized spacial score (nSPS) is 29.1. The van der Waals surface area contributed by atoms with E-state index < -0.39 is 0 Å². The molecule has 2 heteroatoms. The summed E-state index contributed by atoms with van der Waals surface area (Å²) in [5.41, 5.74) is 5.38. The summed E-state index contributed by atoms with van der Waals surface area (Å²) in [7, 11) is 0. The molecule has 3 rings (SSSR count). The Kier molecular flexibility index (Phi) is 2.11. The smallest absolute Gasteiger partial charge is 0.0822 e. The Bertz CT molecular complexity index is 567. The Labute approximate surface area is 110 Å². The van der Waals surface area contributed by atoms with Crippen molar-refractivity contribution < 1.29 is 0 Å². The minimum absolute atomic E-state index is 0.134. The molecule has 0 N–H and O–H groups in total. The van der Waals surface area contributed by atoms with Crippen LogP contribution < -0.4 is 0 Å². The fourth-order valence-electron chi connectivity index (χ4n) is 4.39. The molecule has 1 saturated carbocycles. The minimum atomic E-state index is -0.298. The summed E-state index contributed by atoms with van der Waals surface area (Å²) in [6, 6.07) is 3.28. The quantitative estimate of drug-likeness (QED) is 0.734. The van der Waals surface area contributed by atoms with E-state index in [2.05, 4.69) is 45.3 Å². The minimum Gasteiger partial charge on any atom is -0.346 e. The Hall–Kier alpha value is -1.23. The van der Waals surface area contributed by atoms with Crippen LogP contribution in [-0.2, 0) is 10.8 Å². The Morgan fingerprint density at radius 2 is 1.67 bits per heavy atom. The molecule has 1 aromatic heterocycles. The number of hydrogen-bond donors (Lipinski definition) is 0. The monoisotopic (exact) mass is 242 g/mol. The van der Waals surface area contributed by atoms with Crippen molar-refractivity contribution in [3.05, 3.63) is 22.5 Å². The van der Waals surface area contributed by atoms with Crippen LogP contribution in [0.25, 0.3) is 0 Å². The molecule has 0 radical (unpaired) electrons. The van der Waals surface area contributed by atoms with Gasteiger partial charge in [-0.05, 0) is 56.6 Å². The van der Waals surface area contributed by atoms with Gasteiger partial charge in [-0.2, -0.15) is 5.26 Å². The molecule has 18 heavy (non-hydrogen) atoms. The van der Waals surface area contributed by atoms with Gasteiger partial charge in [0.2, 0.25) is 0 Å². The highest BCUT2D eigenvalue weighted by molar-refractivity contribution is 5.55. The number of nitriles is 1. The van der Waals surface area contributed by atoms with Gasteiger partial charge in [-0.25, -0.2) is 0 Å². The molecule has 1 unspecified atom stereocenters. The zero-order chi connectivity index (χ0) is 13.3. The summed E-state index contributed by atoms with van der Waals surface area (Å²) in [6.07, 6.45) is 3.56. The second kappa shape index (κ2) is 3.20. The van der Waals surface area contributed by atoms with E-state index in [9.17, 15) is 5.26 Å². The molecular formula is C16H22N2. The molecule has 1 aromatic rings. The number of aromatic nitrogens is 1. The summed E-state index contributed by atoms with van der Waals surface area (Å²) < 4.78 is 2.50. The first-order chi connectivity index (χ1) is 8.32.